The van der Waals surface area contributed by atoms with E-state index in [1.165, 1.54) is 6.20 Å². The van der Waals surface area contributed by atoms with E-state index in [1.807, 2.05) is 0 Å². The van der Waals surface area contributed by atoms with Gasteiger partial charge in [-0.25, -0.2) is 9.78 Å². The van der Waals surface area contributed by atoms with Gasteiger partial charge < -0.3 is 14.7 Å². The highest BCUT2D eigenvalue weighted by Gasteiger charge is 2.30. The zero-order chi connectivity index (χ0) is 12.3. The second-order valence-electron chi connectivity index (χ2n) is 3.99. The lowest BCUT2D eigenvalue weighted by Gasteiger charge is -2.22. The molecule has 0 aliphatic heterocycles. The number of carboxylic acid groups (broad SMARTS) is 1. The van der Waals surface area contributed by atoms with Crippen LogP contribution in [-0.4, -0.2) is 47.3 Å². The fourth-order valence-corrected chi connectivity index (χ4v) is 1.66. The van der Waals surface area contributed by atoms with Crippen LogP contribution in [0.4, 0.5) is 5.82 Å². The number of methoxy groups -OCH3 is 1. The van der Waals surface area contributed by atoms with Crippen molar-refractivity contribution in [2.45, 2.75) is 18.9 Å². The first-order chi connectivity index (χ1) is 8.22. The Morgan fingerprint density at radius 1 is 1.59 bits per heavy atom. The van der Waals surface area contributed by atoms with Gasteiger partial charge in [-0.2, -0.15) is 0 Å². The molecule has 1 aliphatic carbocycles. The van der Waals surface area contributed by atoms with Crippen molar-refractivity contribution in [3.8, 4) is 0 Å². The summed E-state index contributed by atoms with van der Waals surface area (Å²) < 4.78 is 5.04. The molecule has 17 heavy (non-hydrogen) atoms. The molecule has 0 unspecified atom stereocenters. The smallest absolute Gasteiger partial charge is 0.356 e. The molecule has 0 radical (unpaired) electrons. The molecule has 1 aromatic rings. The number of anilines is 1. The van der Waals surface area contributed by atoms with Crippen LogP contribution in [0, 0.1) is 0 Å². The maximum Gasteiger partial charge on any atom is 0.356 e. The number of hydrogen-bond donors (Lipinski definition) is 1. The van der Waals surface area contributed by atoms with E-state index in [0.717, 1.165) is 12.8 Å². The van der Waals surface area contributed by atoms with E-state index in [4.69, 9.17) is 9.84 Å². The Balaban J connectivity index is 2.16. The fourth-order valence-electron chi connectivity index (χ4n) is 1.66. The first-order valence-electron chi connectivity index (χ1n) is 5.53. The molecule has 0 amide bonds. The Kier molecular flexibility index (Phi) is 3.53. The summed E-state index contributed by atoms with van der Waals surface area (Å²) in [7, 11) is 1.64. The van der Waals surface area contributed by atoms with Crippen molar-refractivity contribution in [1.29, 1.82) is 0 Å². The van der Waals surface area contributed by atoms with Gasteiger partial charge in [0.25, 0.3) is 0 Å². The molecular weight excluding hydrogens is 222 g/mol. The number of nitrogens with zero attached hydrogens (tertiary/aromatic N) is 3. The summed E-state index contributed by atoms with van der Waals surface area (Å²) in [5.74, 6) is -0.439. The van der Waals surface area contributed by atoms with Crippen molar-refractivity contribution in [1.82, 2.24) is 9.97 Å². The van der Waals surface area contributed by atoms with Gasteiger partial charge in [0.05, 0.1) is 19.0 Å². The van der Waals surface area contributed by atoms with E-state index in [1.54, 1.807) is 13.3 Å². The topological polar surface area (TPSA) is 75.5 Å². The molecular formula is C11H15N3O3. The Labute approximate surface area is 99.2 Å². The number of carbonyl (C=O) groups is 1. The molecule has 6 nitrogen and oxygen atoms in total. The molecule has 92 valence electrons. The Bertz CT molecular complexity index is 407. The summed E-state index contributed by atoms with van der Waals surface area (Å²) >= 11 is 0. The van der Waals surface area contributed by atoms with Crippen LogP contribution < -0.4 is 4.90 Å². The molecule has 0 saturated heterocycles. The fraction of sp³-hybridized carbons (Fsp3) is 0.545. The molecule has 2 rings (SSSR count). The molecule has 0 atom stereocenters. The van der Waals surface area contributed by atoms with Crippen molar-refractivity contribution in [3.63, 3.8) is 0 Å². The van der Waals surface area contributed by atoms with Gasteiger partial charge in [0.1, 0.15) is 5.82 Å². The van der Waals surface area contributed by atoms with Gasteiger partial charge in [0.2, 0.25) is 0 Å². The monoisotopic (exact) mass is 237 g/mol. The van der Waals surface area contributed by atoms with Gasteiger partial charge in [-0.1, -0.05) is 0 Å². The zero-order valence-corrected chi connectivity index (χ0v) is 9.67. The highest BCUT2D eigenvalue weighted by Crippen LogP contribution is 2.30. The molecule has 1 saturated carbocycles. The van der Waals surface area contributed by atoms with E-state index >= 15 is 0 Å². The van der Waals surface area contributed by atoms with Crippen LogP contribution in [0.15, 0.2) is 12.4 Å². The van der Waals surface area contributed by atoms with Gasteiger partial charge in [-0.3, -0.25) is 4.98 Å². The largest absolute Gasteiger partial charge is 0.476 e. The van der Waals surface area contributed by atoms with Gasteiger partial charge in [0.15, 0.2) is 5.69 Å². The van der Waals surface area contributed by atoms with Crippen LogP contribution in [0.2, 0.25) is 0 Å². The van der Waals surface area contributed by atoms with Crippen molar-refractivity contribution in [2.24, 2.45) is 0 Å². The molecule has 1 aliphatic rings. The third kappa shape index (κ3) is 2.91. The maximum atomic E-state index is 10.8. The molecule has 1 heterocycles. The van der Waals surface area contributed by atoms with Crippen molar-refractivity contribution in [3.05, 3.63) is 18.1 Å². The first kappa shape index (κ1) is 11.8. The summed E-state index contributed by atoms with van der Waals surface area (Å²) in [6.07, 6.45) is 5.08. The maximum absolute atomic E-state index is 10.8. The molecule has 0 spiro atoms. The number of aromatic nitrogens is 2. The third-order valence-corrected chi connectivity index (χ3v) is 2.66. The van der Waals surface area contributed by atoms with Crippen molar-refractivity contribution >= 4 is 11.8 Å². The second-order valence-corrected chi connectivity index (χ2v) is 3.99. The SMILES string of the molecule is COCCN(c1cncc(C(=O)O)n1)C1CC1. The van der Waals surface area contributed by atoms with Crippen LogP contribution in [0.3, 0.4) is 0 Å². The molecule has 0 aromatic carbocycles. The lowest BCUT2D eigenvalue weighted by molar-refractivity contribution is 0.0690. The van der Waals surface area contributed by atoms with Crippen LogP contribution in [0.25, 0.3) is 0 Å². The summed E-state index contributed by atoms with van der Waals surface area (Å²) in [6.45, 7) is 1.30. The van der Waals surface area contributed by atoms with Crippen molar-refractivity contribution < 1.29 is 14.6 Å². The quantitative estimate of drug-likeness (QED) is 0.788. The van der Waals surface area contributed by atoms with E-state index in [-0.39, 0.29) is 5.69 Å². The minimum Gasteiger partial charge on any atom is -0.476 e. The van der Waals surface area contributed by atoms with Crippen LogP contribution in [0.5, 0.6) is 0 Å². The minimum absolute atomic E-state index is 0.0226. The van der Waals surface area contributed by atoms with E-state index in [9.17, 15) is 4.79 Å². The number of aromatic carboxylic acids is 1. The summed E-state index contributed by atoms with van der Waals surface area (Å²) in [4.78, 5) is 20.9. The second kappa shape index (κ2) is 5.09. The summed E-state index contributed by atoms with van der Waals surface area (Å²) in [5, 5.41) is 8.88. The highest BCUT2D eigenvalue weighted by atomic mass is 16.5. The number of ether oxygens (including phenoxy) is 1. The lowest BCUT2D eigenvalue weighted by Crippen LogP contribution is -2.30. The normalized spacial score (nSPS) is 14.6. The van der Waals surface area contributed by atoms with Crippen LogP contribution >= 0.6 is 0 Å². The minimum atomic E-state index is -1.05. The van der Waals surface area contributed by atoms with Gasteiger partial charge >= 0.3 is 5.97 Å². The molecule has 1 aromatic heterocycles. The van der Waals surface area contributed by atoms with Crippen LogP contribution in [0.1, 0.15) is 23.3 Å². The number of hydrogen-bond acceptors (Lipinski definition) is 5. The van der Waals surface area contributed by atoms with E-state index < -0.39 is 5.97 Å². The zero-order valence-electron chi connectivity index (χ0n) is 9.67. The highest BCUT2D eigenvalue weighted by molar-refractivity contribution is 5.85. The predicted molar refractivity (Wildman–Crippen MR) is 61.2 cm³/mol. The average molecular weight is 237 g/mol. The van der Waals surface area contributed by atoms with Gasteiger partial charge in [0, 0.05) is 19.7 Å². The number of rotatable bonds is 6. The van der Waals surface area contributed by atoms with E-state index in [2.05, 4.69) is 14.9 Å². The van der Waals surface area contributed by atoms with E-state index in [0.29, 0.717) is 25.0 Å². The van der Waals surface area contributed by atoms with Crippen LogP contribution in [-0.2, 0) is 4.74 Å². The Morgan fingerprint density at radius 2 is 2.35 bits per heavy atom. The average Bonchev–Trinajstić information content (AvgIpc) is 3.14. The Morgan fingerprint density at radius 3 is 2.94 bits per heavy atom. The molecule has 1 N–H and O–H groups in total. The predicted octanol–water partition coefficient (Wildman–Crippen LogP) is 0.790. The standard InChI is InChI=1S/C11H15N3O3/c1-17-5-4-14(8-2-3-8)10-7-12-6-9(13-10)11(15)16/h6-8H,2-5H2,1H3,(H,15,16). The molecule has 1 fully saturated rings. The first-order valence-corrected chi connectivity index (χ1v) is 5.53. The van der Waals surface area contributed by atoms with Gasteiger partial charge in [-0.15, -0.1) is 0 Å². The van der Waals surface area contributed by atoms with Gasteiger partial charge in [-0.05, 0) is 12.8 Å². The molecule has 6 heteroatoms. The Hall–Kier alpha value is -1.69. The van der Waals surface area contributed by atoms with Crippen molar-refractivity contribution in [2.75, 3.05) is 25.2 Å². The molecule has 0 bridgehead atoms. The lowest BCUT2D eigenvalue weighted by atomic mass is 10.4. The summed E-state index contributed by atoms with van der Waals surface area (Å²) in [5.41, 5.74) is -0.0226. The number of carboxylic acids is 1. The summed E-state index contributed by atoms with van der Waals surface area (Å²) in [6, 6.07) is 0.448. The third-order valence-electron chi connectivity index (χ3n) is 2.66.